The number of hydroxylamine groups is 1. The predicted molar refractivity (Wildman–Crippen MR) is 98.2 cm³/mol. The van der Waals surface area contributed by atoms with Crippen molar-refractivity contribution in [2.45, 2.75) is 51.4 Å². The molecule has 1 aromatic rings. The summed E-state index contributed by atoms with van der Waals surface area (Å²) in [6.07, 6.45) is 2.91. The van der Waals surface area contributed by atoms with Gasteiger partial charge in [-0.05, 0) is 36.6 Å². The third-order valence-corrected chi connectivity index (χ3v) is 4.81. The van der Waals surface area contributed by atoms with E-state index >= 15 is 0 Å². The molecule has 1 aliphatic rings. The molecule has 26 heavy (non-hydrogen) atoms. The number of anilines is 1. The van der Waals surface area contributed by atoms with Crippen LogP contribution in [0.3, 0.4) is 0 Å². The number of unbranched alkanes of at least 4 members (excludes halogenated alkanes) is 2. The van der Waals surface area contributed by atoms with E-state index < -0.39 is 5.91 Å². The van der Waals surface area contributed by atoms with E-state index in [4.69, 9.17) is 5.21 Å². The molecule has 142 valence electrons. The Bertz CT molecular complexity index is 700. The summed E-state index contributed by atoms with van der Waals surface area (Å²) in [7, 11) is 1.76. The number of benzene rings is 1. The number of hydrogen-bond donors (Lipinski definition) is 3. The second-order valence-electron chi connectivity index (χ2n) is 7.35. The highest BCUT2D eigenvalue weighted by Gasteiger charge is 2.35. The van der Waals surface area contributed by atoms with E-state index in [1.807, 2.05) is 26.0 Å². The maximum Gasteiger partial charge on any atom is 0.251 e. The second kappa shape index (κ2) is 8.31. The van der Waals surface area contributed by atoms with Crippen LogP contribution < -0.4 is 15.7 Å². The van der Waals surface area contributed by atoms with Crippen molar-refractivity contribution in [1.82, 2.24) is 10.8 Å². The Balaban J connectivity index is 1.92. The van der Waals surface area contributed by atoms with E-state index in [1.54, 1.807) is 23.5 Å². The third kappa shape index (κ3) is 4.60. The van der Waals surface area contributed by atoms with Crippen molar-refractivity contribution in [2.24, 2.45) is 0 Å². The van der Waals surface area contributed by atoms with Gasteiger partial charge in [-0.2, -0.15) is 0 Å². The molecule has 0 aliphatic carbocycles. The average molecular weight is 361 g/mol. The van der Waals surface area contributed by atoms with Crippen LogP contribution in [0.2, 0.25) is 0 Å². The van der Waals surface area contributed by atoms with Gasteiger partial charge in [-0.25, -0.2) is 5.48 Å². The molecule has 7 heteroatoms. The van der Waals surface area contributed by atoms with Crippen LogP contribution in [0.1, 0.15) is 61.9 Å². The number of hydrogen-bond acceptors (Lipinski definition) is 4. The summed E-state index contributed by atoms with van der Waals surface area (Å²) in [5, 5.41) is 11.3. The minimum atomic E-state index is -0.394. The monoisotopic (exact) mass is 361 g/mol. The normalized spacial score (nSPS) is 15.4. The fraction of sp³-hybridized carbons (Fsp3) is 0.526. The lowest BCUT2D eigenvalue weighted by Crippen LogP contribution is -2.39. The van der Waals surface area contributed by atoms with Gasteiger partial charge in [0.2, 0.25) is 11.8 Å². The molecule has 0 fully saturated rings. The highest BCUT2D eigenvalue weighted by atomic mass is 16.5. The van der Waals surface area contributed by atoms with E-state index in [-0.39, 0.29) is 23.7 Å². The first-order chi connectivity index (χ1) is 12.3. The zero-order valence-corrected chi connectivity index (χ0v) is 15.6. The number of nitrogens with zero attached hydrogens (tertiary/aromatic N) is 1. The van der Waals surface area contributed by atoms with Crippen LogP contribution in [0.15, 0.2) is 18.2 Å². The van der Waals surface area contributed by atoms with E-state index in [0.29, 0.717) is 24.9 Å². The molecule has 0 unspecified atom stereocenters. The predicted octanol–water partition coefficient (Wildman–Crippen LogP) is 2.13. The SMILES string of the molecule is CN1C(=O)CC(C)(C)c2cc(C(=O)NCCCCCC(=O)NO)ccc21. The molecule has 3 amide bonds. The number of nitrogens with one attached hydrogen (secondary N) is 2. The molecule has 1 aliphatic heterocycles. The lowest BCUT2D eigenvalue weighted by Gasteiger charge is -2.37. The average Bonchev–Trinajstić information content (AvgIpc) is 2.61. The lowest BCUT2D eigenvalue weighted by atomic mass is 9.77. The first-order valence-corrected chi connectivity index (χ1v) is 8.88. The van der Waals surface area contributed by atoms with Gasteiger partial charge in [0.15, 0.2) is 0 Å². The van der Waals surface area contributed by atoms with Crippen LogP contribution in [0.5, 0.6) is 0 Å². The Morgan fingerprint density at radius 3 is 2.65 bits per heavy atom. The van der Waals surface area contributed by atoms with Crippen molar-refractivity contribution in [1.29, 1.82) is 0 Å². The summed E-state index contributed by atoms with van der Waals surface area (Å²) in [6, 6.07) is 5.45. The van der Waals surface area contributed by atoms with Crippen molar-refractivity contribution < 1.29 is 19.6 Å². The van der Waals surface area contributed by atoms with Gasteiger partial charge < -0.3 is 10.2 Å². The topological polar surface area (TPSA) is 98.7 Å². The maximum atomic E-state index is 12.4. The summed E-state index contributed by atoms with van der Waals surface area (Å²) in [4.78, 5) is 37.0. The van der Waals surface area contributed by atoms with E-state index in [0.717, 1.165) is 24.1 Å². The van der Waals surface area contributed by atoms with Crippen molar-refractivity contribution in [3.05, 3.63) is 29.3 Å². The number of carbonyl (C=O) groups is 3. The Kier molecular flexibility index (Phi) is 6.37. The van der Waals surface area contributed by atoms with Crippen LogP contribution in [0.25, 0.3) is 0 Å². The van der Waals surface area contributed by atoms with Gasteiger partial charge in [-0.1, -0.05) is 20.3 Å². The van der Waals surface area contributed by atoms with Gasteiger partial charge in [-0.3, -0.25) is 19.6 Å². The van der Waals surface area contributed by atoms with E-state index in [9.17, 15) is 14.4 Å². The molecule has 0 atom stereocenters. The van der Waals surface area contributed by atoms with Crippen molar-refractivity contribution in [2.75, 3.05) is 18.5 Å². The van der Waals surface area contributed by atoms with Gasteiger partial charge in [0.25, 0.3) is 5.91 Å². The van der Waals surface area contributed by atoms with E-state index in [2.05, 4.69) is 5.32 Å². The minimum absolute atomic E-state index is 0.0783. The molecule has 1 aromatic carbocycles. The summed E-state index contributed by atoms with van der Waals surface area (Å²) < 4.78 is 0. The Morgan fingerprint density at radius 1 is 1.23 bits per heavy atom. The van der Waals surface area contributed by atoms with Gasteiger partial charge in [0.05, 0.1) is 0 Å². The summed E-state index contributed by atoms with van der Waals surface area (Å²) >= 11 is 0. The van der Waals surface area contributed by atoms with Crippen LogP contribution in [0, 0.1) is 0 Å². The Labute approximate surface area is 153 Å². The van der Waals surface area contributed by atoms with Crippen molar-refractivity contribution >= 4 is 23.4 Å². The summed E-state index contributed by atoms with van der Waals surface area (Å²) in [6.45, 7) is 4.56. The molecular formula is C19H27N3O4. The molecule has 1 heterocycles. The number of rotatable bonds is 7. The van der Waals surface area contributed by atoms with Crippen molar-refractivity contribution in [3.8, 4) is 0 Å². The molecule has 0 spiro atoms. The third-order valence-electron chi connectivity index (χ3n) is 4.81. The highest BCUT2D eigenvalue weighted by Crippen LogP contribution is 2.39. The molecular weight excluding hydrogens is 334 g/mol. The molecule has 0 bridgehead atoms. The summed E-state index contributed by atoms with van der Waals surface area (Å²) in [5.74, 6) is -0.458. The molecule has 3 N–H and O–H groups in total. The minimum Gasteiger partial charge on any atom is -0.352 e. The number of carbonyl (C=O) groups excluding carboxylic acids is 3. The highest BCUT2D eigenvalue weighted by molar-refractivity contribution is 6.00. The molecule has 2 rings (SSSR count). The number of fused-ring (bicyclic) bond motifs is 1. The second-order valence-corrected chi connectivity index (χ2v) is 7.35. The molecule has 7 nitrogen and oxygen atoms in total. The fourth-order valence-electron chi connectivity index (χ4n) is 3.19. The lowest BCUT2D eigenvalue weighted by molar-refractivity contribution is -0.129. The first kappa shape index (κ1) is 19.9. The van der Waals surface area contributed by atoms with Gasteiger partial charge in [0, 0.05) is 43.1 Å². The first-order valence-electron chi connectivity index (χ1n) is 8.88. The van der Waals surface area contributed by atoms with Crippen LogP contribution in [-0.4, -0.2) is 36.5 Å². The van der Waals surface area contributed by atoms with Gasteiger partial charge in [0.1, 0.15) is 0 Å². The smallest absolute Gasteiger partial charge is 0.251 e. The molecule has 0 saturated carbocycles. The fourth-order valence-corrected chi connectivity index (χ4v) is 3.19. The molecule has 0 radical (unpaired) electrons. The molecule has 0 saturated heterocycles. The van der Waals surface area contributed by atoms with Crippen LogP contribution >= 0.6 is 0 Å². The van der Waals surface area contributed by atoms with Crippen molar-refractivity contribution in [3.63, 3.8) is 0 Å². The molecule has 0 aromatic heterocycles. The standard InChI is InChI=1S/C19H27N3O4/c1-19(2)12-17(24)22(3)15-9-8-13(11-14(15)19)18(25)20-10-6-4-5-7-16(23)21-26/h8-9,11,26H,4-7,10,12H2,1-3H3,(H,20,25)(H,21,23). The van der Waals surface area contributed by atoms with Gasteiger partial charge in [-0.15, -0.1) is 0 Å². The maximum absolute atomic E-state index is 12.4. The Morgan fingerprint density at radius 2 is 1.96 bits per heavy atom. The quantitative estimate of drug-likeness (QED) is 0.394. The number of amides is 3. The zero-order valence-electron chi connectivity index (χ0n) is 15.6. The largest absolute Gasteiger partial charge is 0.352 e. The van der Waals surface area contributed by atoms with Gasteiger partial charge >= 0.3 is 0 Å². The Hall–Kier alpha value is -2.41. The van der Waals surface area contributed by atoms with Crippen LogP contribution in [0.4, 0.5) is 5.69 Å². The summed E-state index contributed by atoms with van der Waals surface area (Å²) in [5.41, 5.74) is 3.73. The van der Waals surface area contributed by atoms with Crippen LogP contribution in [-0.2, 0) is 15.0 Å². The van der Waals surface area contributed by atoms with E-state index in [1.165, 1.54) is 0 Å². The zero-order chi connectivity index (χ0) is 19.3.